The first-order valence-electron chi connectivity index (χ1n) is 7.78. The number of nitro benzene ring substituents is 1. The molecular formula is C15H23N3O4S. The molecule has 0 spiro atoms. The van der Waals surface area contributed by atoms with Crippen molar-refractivity contribution in [3.05, 3.63) is 28.3 Å². The number of anilines is 1. The summed E-state index contributed by atoms with van der Waals surface area (Å²) in [6, 6.07) is 4.12. The second-order valence-corrected chi connectivity index (χ2v) is 8.16. The highest BCUT2D eigenvalue weighted by molar-refractivity contribution is 7.89. The molecule has 0 bridgehead atoms. The average Bonchev–Trinajstić information content (AvgIpc) is 3.01. The van der Waals surface area contributed by atoms with Crippen LogP contribution in [0.3, 0.4) is 0 Å². The van der Waals surface area contributed by atoms with E-state index in [1.54, 1.807) is 0 Å². The molecule has 7 nitrogen and oxygen atoms in total. The summed E-state index contributed by atoms with van der Waals surface area (Å²) in [5.41, 5.74) is 0.134. The Balaban J connectivity index is 2.37. The molecule has 1 aromatic carbocycles. The summed E-state index contributed by atoms with van der Waals surface area (Å²) in [5.74, 6) is 0.294. The lowest BCUT2D eigenvalue weighted by molar-refractivity contribution is -0.384. The van der Waals surface area contributed by atoms with Gasteiger partial charge in [-0.2, -0.15) is 4.31 Å². The minimum Gasteiger partial charge on any atom is -0.377 e. The Morgan fingerprint density at radius 2 is 1.83 bits per heavy atom. The van der Waals surface area contributed by atoms with Gasteiger partial charge in [-0.05, 0) is 37.8 Å². The van der Waals surface area contributed by atoms with E-state index in [1.165, 1.54) is 16.4 Å². The summed E-state index contributed by atoms with van der Waals surface area (Å²) in [6.45, 7) is 6.90. The van der Waals surface area contributed by atoms with Crippen LogP contribution in [0.2, 0.25) is 0 Å². The molecule has 1 aliphatic heterocycles. The smallest absolute Gasteiger partial charge is 0.293 e. The Labute approximate surface area is 136 Å². The molecule has 0 amide bonds. The Kier molecular flexibility index (Phi) is 5.26. The van der Waals surface area contributed by atoms with Crippen LogP contribution in [0.5, 0.6) is 0 Å². The highest BCUT2D eigenvalue weighted by Gasteiger charge is 2.29. The van der Waals surface area contributed by atoms with Crippen LogP contribution in [0.4, 0.5) is 11.4 Å². The number of hydrogen-bond acceptors (Lipinski definition) is 5. The molecule has 0 radical (unpaired) electrons. The fraction of sp³-hybridized carbons (Fsp3) is 0.600. The van der Waals surface area contributed by atoms with Crippen molar-refractivity contribution in [3.63, 3.8) is 0 Å². The molecule has 8 heteroatoms. The van der Waals surface area contributed by atoms with E-state index in [-0.39, 0.29) is 16.6 Å². The van der Waals surface area contributed by atoms with Crippen LogP contribution in [0, 0.1) is 16.0 Å². The molecule has 1 fully saturated rings. The molecule has 1 aromatic rings. The summed E-state index contributed by atoms with van der Waals surface area (Å²) in [7, 11) is -3.66. The highest BCUT2D eigenvalue weighted by atomic mass is 32.2. The predicted octanol–water partition coefficient (Wildman–Crippen LogP) is 2.84. The molecule has 128 valence electrons. The first kappa shape index (κ1) is 17.7. The van der Waals surface area contributed by atoms with Gasteiger partial charge in [0.1, 0.15) is 5.69 Å². The van der Waals surface area contributed by atoms with E-state index in [1.807, 2.05) is 20.8 Å². The largest absolute Gasteiger partial charge is 0.377 e. The molecule has 1 heterocycles. The molecule has 0 saturated carbocycles. The zero-order valence-corrected chi connectivity index (χ0v) is 14.5. The van der Waals surface area contributed by atoms with Gasteiger partial charge in [-0.25, -0.2) is 8.42 Å². The van der Waals surface area contributed by atoms with Gasteiger partial charge in [0.25, 0.3) is 5.69 Å². The Bertz CT molecular complexity index is 682. The lowest BCUT2D eigenvalue weighted by Gasteiger charge is -2.20. The molecular weight excluding hydrogens is 318 g/mol. The van der Waals surface area contributed by atoms with Crippen LogP contribution in [-0.4, -0.2) is 36.8 Å². The van der Waals surface area contributed by atoms with E-state index in [9.17, 15) is 18.5 Å². The maximum Gasteiger partial charge on any atom is 0.293 e. The average molecular weight is 341 g/mol. The van der Waals surface area contributed by atoms with Crippen molar-refractivity contribution in [3.8, 4) is 0 Å². The van der Waals surface area contributed by atoms with Gasteiger partial charge in [-0.15, -0.1) is 0 Å². The monoisotopic (exact) mass is 341 g/mol. The van der Waals surface area contributed by atoms with Crippen LogP contribution in [0.25, 0.3) is 0 Å². The molecule has 1 N–H and O–H groups in total. The Hall–Kier alpha value is -1.67. The maximum absolute atomic E-state index is 12.5. The van der Waals surface area contributed by atoms with E-state index in [0.717, 1.165) is 18.9 Å². The van der Waals surface area contributed by atoms with Gasteiger partial charge in [0.05, 0.1) is 9.82 Å². The first-order chi connectivity index (χ1) is 10.7. The highest BCUT2D eigenvalue weighted by Crippen LogP contribution is 2.31. The lowest BCUT2D eigenvalue weighted by Crippen LogP contribution is -2.28. The van der Waals surface area contributed by atoms with Crippen molar-refractivity contribution in [2.45, 2.75) is 44.6 Å². The number of hydrogen-bond donors (Lipinski definition) is 1. The van der Waals surface area contributed by atoms with Crippen LogP contribution in [-0.2, 0) is 10.0 Å². The van der Waals surface area contributed by atoms with Crippen molar-refractivity contribution >= 4 is 21.4 Å². The van der Waals surface area contributed by atoms with Gasteiger partial charge >= 0.3 is 0 Å². The van der Waals surface area contributed by atoms with Crippen molar-refractivity contribution < 1.29 is 13.3 Å². The van der Waals surface area contributed by atoms with Gasteiger partial charge in [-0.1, -0.05) is 13.8 Å². The number of nitrogens with zero attached hydrogens (tertiary/aromatic N) is 2. The lowest BCUT2D eigenvalue weighted by atomic mass is 10.1. The quantitative estimate of drug-likeness (QED) is 0.634. The second kappa shape index (κ2) is 6.84. The standard InChI is InChI=1S/C15H23N3O4S/c1-11(2)12(3)16-14-7-6-13(10-15(14)18(19)20)23(21,22)17-8-4-5-9-17/h6-7,10-12,16H,4-5,8-9H2,1-3H3/t12-/m0/s1. The van der Waals surface area contributed by atoms with Crippen molar-refractivity contribution in [2.75, 3.05) is 18.4 Å². The van der Waals surface area contributed by atoms with E-state index < -0.39 is 14.9 Å². The number of nitrogens with one attached hydrogen (secondary N) is 1. The molecule has 0 aromatic heterocycles. The molecule has 2 rings (SSSR count). The van der Waals surface area contributed by atoms with Gasteiger partial charge in [-0.3, -0.25) is 10.1 Å². The minimum atomic E-state index is -3.66. The van der Waals surface area contributed by atoms with E-state index in [4.69, 9.17) is 0 Å². The normalized spacial score (nSPS) is 17.4. The van der Waals surface area contributed by atoms with Gasteiger partial charge in [0, 0.05) is 25.2 Å². The molecule has 0 aliphatic carbocycles. The molecule has 1 aliphatic rings. The van der Waals surface area contributed by atoms with Crippen LogP contribution in [0.1, 0.15) is 33.6 Å². The van der Waals surface area contributed by atoms with E-state index in [2.05, 4.69) is 5.32 Å². The SMILES string of the molecule is CC(C)[C@H](C)Nc1ccc(S(=O)(=O)N2CCCC2)cc1[N+](=O)[O-]. The molecule has 1 saturated heterocycles. The third-order valence-electron chi connectivity index (χ3n) is 4.25. The van der Waals surface area contributed by atoms with Crippen LogP contribution < -0.4 is 5.32 Å². The van der Waals surface area contributed by atoms with Crippen LogP contribution >= 0.6 is 0 Å². The fourth-order valence-electron chi connectivity index (χ4n) is 2.43. The topological polar surface area (TPSA) is 92.6 Å². The molecule has 23 heavy (non-hydrogen) atoms. The Morgan fingerprint density at radius 1 is 1.22 bits per heavy atom. The zero-order valence-electron chi connectivity index (χ0n) is 13.7. The summed E-state index contributed by atoms with van der Waals surface area (Å²) in [5, 5.41) is 14.4. The van der Waals surface area contributed by atoms with E-state index in [0.29, 0.717) is 24.7 Å². The number of benzene rings is 1. The predicted molar refractivity (Wildman–Crippen MR) is 89.0 cm³/mol. The molecule has 1 atom stereocenters. The third kappa shape index (κ3) is 3.81. The first-order valence-corrected chi connectivity index (χ1v) is 9.22. The molecule has 0 unspecified atom stereocenters. The Morgan fingerprint density at radius 3 is 2.35 bits per heavy atom. The van der Waals surface area contributed by atoms with Crippen molar-refractivity contribution in [1.29, 1.82) is 0 Å². The number of rotatable bonds is 6. The fourth-order valence-corrected chi connectivity index (χ4v) is 3.97. The summed E-state index contributed by atoms with van der Waals surface area (Å²) in [4.78, 5) is 10.8. The van der Waals surface area contributed by atoms with Gasteiger partial charge in [0.2, 0.25) is 10.0 Å². The van der Waals surface area contributed by atoms with Crippen molar-refractivity contribution in [2.24, 2.45) is 5.92 Å². The summed E-state index contributed by atoms with van der Waals surface area (Å²) in [6.07, 6.45) is 1.65. The minimum absolute atomic E-state index is 0.0196. The van der Waals surface area contributed by atoms with Crippen molar-refractivity contribution in [1.82, 2.24) is 4.31 Å². The van der Waals surface area contributed by atoms with E-state index >= 15 is 0 Å². The van der Waals surface area contributed by atoms with Crippen LogP contribution in [0.15, 0.2) is 23.1 Å². The number of sulfonamides is 1. The van der Waals surface area contributed by atoms with Gasteiger partial charge in [0.15, 0.2) is 0 Å². The zero-order chi connectivity index (χ0) is 17.2. The summed E-state index contributed by atoms with van der Waals surface area (Å²) >= 11 is 0. The van der Waals surface area contributed by atoms with Gasteiger partial charge < -0.3 is 5.32 Å². The number of nitro groups is 1. The maximum atomic E-state index is 12.5. The third-order valence-corrected chi connectivity index (χ3v) is 6.15. The second-order valence-electron chi connectivity index (χ2n) is 6.22. The summed E-state index contributed by atoms with van der Waals surface area (Å²) < 4.78 is 26.5.